The zero-order chi connectivity index (χ0) is 20.2. The molecule has 0 aliphatic rings. The molecule has 0 amide bonds. The van der Waals surface area contributed by atoms with Crippen LogP contribution in [0, 0.1) is 11.3 Å². The molecule has 3 aromatic carbocycles. The zero-order valence-electron chi connectivity index (χ0n) is 16.0. The van der Waals surface area contributed by atoms with Gasteiger partial charge in [-0.25, -0.2) is 4.98 Å². The van der Waals surface area contributed by atoms with Crippen LogP contribution in [-0.4, -0.2) is 19.2 Å². The largest absolute Gasteiger partial charge is 0.493 e. The molecule has 0 atom stereocenters. The summed E-state index contributed by atoms with van der Waals surface area (Å²) in [4.78, 5) is 4.75. The average molecular weight is 398 g/mol. The Kier molecular flexibility index (Phi) is 5.28. The summed E-state index contributed by atoms with van der Waals surface area (Å²) in [5.41, 5.74) is 3.29. The summed E-state index contributed by atoms with van der Waals surface area (Å²) in [5.74, 6) is 1.27. The molecular weight excluding hydrogens is 380 g/mol. The van der Waals surface area contributed by atoms with Gasteiger partial charge in [0.05, 0.1) is 25.5 Å². The smallest absolute Gasteiger partial charge is 0.161 e. The Morgan fingerprint density at radius 1 is 1.00 bits per heavy atom. The molecule has 0 N–H and O–H groups in total. The van der Waals surface area contributed by atoms with Gasteiger partial charge in [0.1, 0.15) is 11.1 Å². The van der Waals surface area contributed by atoms with Gasteiger partial charge in [-0.3, -0.25) is 0 Å². The Bertz CT molecular complexity index is 1250. The van der Waals surface area contributed by atoms with E-state index in [2.05, 4.69) is 30.3 Å². The number of ether oxygens (including phenoxy) is 2. The van der Waals surface area contributed by atoms with Gasteiger partial charge in [-0.2, -0.15) is 5.26 Å². The third-order valence-corrected chi connectivity index (χ3v) is 5.51. The van der Waals surface area contributed by atoms with Crippen molar-refractivity contribution in [1.29, 1.82) is 5.26 Å². The number of allylic oxidation sites excluding steroid dienone is 1. The molecule has 0 spiro atoms. The number of hydrogen-bond donors (Lipinski definition) is 0. The van der Waals surface area contributed by atoms with Gasteiger partial charge in [-0.15, -0.1) is 11.3 Å². The zero-order valence-corrected chi connectivity index (χ0v) is 16.9. The normalized spacial score (nSPS) is 11.3. The molecule has 0 bridgehead atoms. The van der Waals surface area contributed by atoms with Crippen LogP contribution in [0.3, 0.4) is 0 Å². The lowest BCUT2D eigenvalue weighted by molar-refractivity contribution is 0.355. The van der Waals surface area contributed by atoms with Gasteiger partial charge >= 0.3 is 0 Å². The van der Waals surface area contributed by atoms with E-state index in [0.717, 1.165) is 22.2 Å². The Morgan fingerprint density at radius 2 is 1.79 bits per heavy atom. The number of thiazole rings is 1. The monoisotopic (exact) mass is 398 g/mol. The third kappa shape index (κ3) is 3.71. The van der Waals surface area contributed by atoms with Gasteiger partial charge in [-0.05, 0) is 34.5 Å². The first kappa shape index (κ1) is 18.7. The molecule has 1 heterocycles. The van der Waals surface area contributed by atoms with E-state index < -0.39 is 0 Å². The Balaban J connectivity index is 1.73. The molecule has 0 radical (unpaired) electrons. The summed E-state index contributed by atoms with van der Waals surface area (Å²) in [5, 5.41) is 14.7. The lowest BCUT2D eigenvalue weighted by Gasteiger charge is -2.07. The van der Waals surface area contributed by atoms with Gasteiger partial charge in [0.2, 0.25) is 0 Å². The van der Waals surface area contributed by atoms with Crippen LogP contribution < -0.4 is 9.47 Å². The van der Waals surface area contributed by atoms with Crippen molar-refractivity contribution in [3.05, 3.63) is 76.6 Å². The van der Waals surface area contributed by atoms with Crippen LogP contribution in [-0.2, 0) is 0 Å². The highest BCUT2D eigenvalue weighted by atomic mass is 32.1. The first-order chi connectivity index (χ1) is 14.2. The molecule has 29 heavy (non-hydrogen) atoms. The maximum Gasteiger partial charge on any atom is 0.161 e. The van der Waals surface area contributed by atoms with Crippen molar-refractivity contribution in [1.82, 2.24) is 4.98 Å². The van der Waals surface area contributed by atoms with E-state index >= 15 is 0 Å². The van der Waals surface area contributed by atoms with Crippen LogP contribution >= 0.6 is 11.3 Å². The minimum absolute atomic E-state index is 0.508. The number of benzene rings is 3. The van der Waals surface area contributed by atoms with Gasteiger partial charge in [0.25, 0.3) is 0 Å². The number of fused-ring (bicyclic) bond motifs is 1. The topological polar surface area (TPSA) is 55.1 Å². The molecule has 5 heteroatoms. The van der Waals surface area contributed by atoms with Gasteiger partial charge in [0.15, 0.2) is 11.5 Å². The standard InChI is InChI=1S/C24H18N2O2S/c1-27-22-11-10-16(13-23(22)28-2)12-18(14-25)24-26-21(15-29-24)20-9-5-7-17-6-3-4-8-19(17)20/h3-13,15H,1-2H3/b18-12+. The van der Waals surface area contributed by atoms with Crippen LogP contribution in [0.4, 0.5) is 0 Å². The Hall–Kier alpha value is -3.62. The average Bonchev–Trinajstić information content (AvgIpc) is 3.26. The second-order valence-electron chi connectivity index (χ2n) is 6.35. The van der Waals surface area contributed by atoms with Crippen molar-refractivity contribution in [2.24, 2.45) is 0 Å². The maximum absolute atomic E-state index is 9.71. The second kappa shape index (κ2) is 8.17. The molecule has 0 unspecified atom stereocenters. The highest BCUT2D eigenvalue weighted by Gasteiger charge is 2.12. The highest BCUT2D eigenvalue weighted by Crippen LogP contribution is 2.33. The van der Waals surface area contributed by atoms with Crippen molar-refractivity contribution in [2.75, 3.05) is 14.2 Å². The first-order valence-electron chi connectivity index (χ1n) is 9.01. The third-order valence-electron chi connectivity index (χ3n) is 4.64. The van der Waals surface area contributed by atoms with Gasteiger partial charge in [0, 0.05) is 10.9 Å². The van der Waals surface area contributed by atoms with Crippen molar-refractivity contribution < 1.29 is 9.47 Å². The molecule has 0 saturated heterocycles. The highest BCUT2D eigenvalue weighted by molar-refractivity contribution is 7.11. The minimum atomic E-state index is 0.508. The van der Waals surface area contributed by atoms with Crippen molar-refractivity contribution >= 4 is 33.8 Å². The molecule has 0 aliphatic carbocycles. The predicted octanol–water partition coefficient (Wildman–Crippen LogP) is 6.04. The molecule has 4 aromatic rings. The fourth-order valence-corrected chi connectivity index (χ4v) is 4.01. The number of rotatable bonds is 5. The maximum atomic E-state index is 9.71. The minimum Gasteiger partial charge on any atom is -0.493 e. The molecule has 4 rings (SSSR count). The van der Waals surface area contributed by atoms with E-state index in [0.29, 0.717) is 22.1 Å². The Labute approximate surface area is 173 Å². The molecule has 0 fully saturated rings. The molecule has 0 aliphatic heterocycles. The number of methoxy groups -OCH3 is 2. The van der Waals surface area contributed by atoms with Crippen molar-refractivity contribution in [2.45, 2.75) is 0 Å². The summed E-state index contributed by atoms with van der Waals surface area (Å²) in [7, 11) is 3.19. The summed E-state index contributed by atoms with van der Waals surface area (Å²) in [6.07, 6.45) is 1.81. The van der Waals surface area contributed by atoms with Crippen LogP contribution in [0.1, 0.15) is 10.6 Å². The van der Waals surface area contributed by atoms with Crippen molar-refractivity contribution in [3.63, 3.8) is 0 Å². The Morgan fingerprint density at radius 3 is 2.59 bits per heavy atom. The van der Waals surface area contributed by atoms with E-state index in [1.165, 1.54) is 16.7 Å². The SMILES string of the molecule is COc1ccc(/C=C(\C#N)c2nc(-c3cccc4ccccc34)cs2)cc1OC. The molecular formula is C24H18N2O2S. The molecule has 142 valence electrons. The summed E-state index contributed by atoms with van der Waals surface area (Å²) >= 11 is 1.46. The van der Waals surface area contributed by atoms with E-state index in [1.54, 1.807) is 14.2 Å². The van der Waals surface area contributed by atoms with Crippen LogP contribution in [0.15, 0.2) is 66.0 Å². The number of hydrogen-bond acceptors (Lipinski definition) is 5. The van der Waals surface area contributed by atoms with E-state index in [4.69, 9.17) is 14.5 Å². The van der Waals surface area contributed by atoms with E-state index in [9.17, 15) is 5.26 Å². The number of nitrogens with zero attached hydrogens (tertiary/aromatic N) is 2. The lowest BCUT2D eigenvalue weighted by atomic mass is 10.0. The molecule has 4 nitrogen and oxygen atoms in total. The van der Waals surface area contributed by atoms with Crippen LogP contribution in [0.2, 0.25) is 0 Å². The van der Waals surface area contributed by atoms with Gasteiger partial charge in [-0.1, -0.05) is 48.5 Å². The van der Waals surface area contributed by atoms with E-state index in [1.807, 2.05) is 47.9 Å². The predicted molar refractivity (Wildman–Crippen MR) is 118 cm³/mol. The summed E-state index contributed by atoms with van der Waals surface area (Å²) < 4.78 is 10.6. The summed E-state index contributed by atoms with van der Waals surface area (Å²) in [6.45, 7) is 0. The number of nitriles is 1. The molecule has 1 aromatic heterocycles. The van der Waals surface area contributed by atoms with Crippen molar-refractivity contribution in [3.8, 4) is 28.8 Å². The number of aromatic nitrogens is 1. The summed E-state index contributed by atoms with van der Waals surface area (Å²) in [6, 6.07) is 22.2. The van der Waals surface area contributed by atoms with Crippen LogP contribution in [0.25, 0.3) is 33.7 Å². The van der Waals surface area contributed by atoms with Gasteiger partial charge < -0.3 is 9.47 Å². The second-order valence-corrected chi connectivity index (χ2v) is 7.21. The van der Waals surface area contributed by atoms with Crippen LogP contribution in [0.5, 0.6) is 11.5 Å². The fourth-order valence-electron chi connectivity index (χ4n) is 3.22. The quantitative estimate of drug-likeness (QED) is 0.384. The fraction of sp³-hybridized carbons (Fsp3) is 0.0833. The molecule has 0 saturated carbocycles. The lowest BCUT2D eigenvalue weighted by Crippen LogP contribution is -1.91. The van der Waals surface area contributed by atoms with E-state index in [-0.39, 0.29) is 0 Å². The first-order valence-corrected chi connectivity index (χ1v) is 9.89.